The molecule has 1 fully saturated rings. The van der Waals surface area contributed by atoms with Crippen molar-refractivity contribution in [2.45, 2.75) is 26.4 Å². The van der Waals surface area contributed by atoms with Gasteiger partial charge in [-0.15, -0.1) is 12.4 Å². The van der Waals surface area contributed by atoms with E-state index in [4.69, 9.17) is 0 Å². The first-order valence-electron chi connectivity index (χ1n) is 9.67. The maximum atomic E-state index is 13.3. The number of aromatic nitrogens is 4. The average molecular weight is 417 g/mol. The molecule has 0 spiro atoms. The van der Waals surface area contributed by atoms with Crippen molar-refractivity contribution in [1.82, 2.24) is 24.6 Å². The molecule has 6 nitrogen and oxygen atoms in total. The summed E-state index contributed by atoms with van der Waals surface area (Å²) in [5.41, 5.74) is 2.93. The maximum absolute atomic E-state index is 13.3. The van der Waals surface area contributed by atoms with Crippen molar-refractivity contribution in [2.24, 2.45) is 0 Å². The highest BCUT2D eigenvalue weighted by Crippen LogP contribution is 2.27. The number of rotatable bonds is 5. The Morgan fingerprint density at radius 2 is 1.69 bits per heavy atom. The Labute approximate surface area is 176 Å². The highest BCUT2D eigenvalue weighted by molar-refractivity contribution is 5.85. The lowest BCUT2D eigenvalue weighted by Gasteiger charge is -2.35. The van der Waals surface area contributed by atoms with Gasteiger partial charge >= 0.3 is 0 Å². The minimum atomic E-state index is -0.247. The van der Waals surface area contributed by atoms with Crippen LogP contribution in [0, 0.1) is 5.82 Å². The van der Waals surface area contributed by atoms with Crippen molar-refractivity contribution in [3.63, 3.8) is 0 Å². The summed E-state index contributed by atoms with van der Waals surface area (Å²) in [6, 6.07) is 6.82. The number of piperazine rings is 1. The van der Waals surface area contributed by atoms with Crippen molar-refractivity contribution in [1.29, 1.82) is 0 Å². The molecule has 3 heterocycles. The molecular weight excluding hydrogens is 391 g/mol. The van der Waals surface area contributed by atoms with Gasteiger partial charge in [-0.3, -0.25) is 14.6 Å². The van der Waals surface area contributed by atoms with Crippen LogP contribution in [0.2, 0.25) is 0 Å². The summed E-state index contributed by atoms with van der Waals surface area (Å²) in [5.74, 6) is 0.616. The van der Waals surface area contributed by atoms with Gasteiger partial charge in [-0.25, -0.2) is 9.37 Å². The van der Waals surface area contributed by atoms with Gasteiger partial charge in [0, 0.05) is 68.5 Å². The Morgan fingerprint density at radius 3 is 2.34 bits per heavy atom. The number of anilines is 1. The second-order valence-corrected chi connectivity index (χ2v) is 7.42. The molecule has 0 bridgehead atoms. The molecule has 4 rings (SSSR count). The molecule has 0 radical (unpaired) electrons. The molecule has 0 aliphatic carbocycles. The first kappa shape index (κ1) is 21.2. The van der Waals surface area contributed by atoms with Gasteiger partial charge in [-0.2, -0.15) is 5.10 Å². The van der Waals surface area contributed by atoms with E-state index in [-0.39, 0.29) is 18.2 Å². The van der Waals surface area contributed by atoms with Crippen LogP contribution in [0.25, 0.3) is 11.3 Å². The Kier molecular flexibility index (Phi) is 6.82. The van der Waals surface area contributed by atoms with Gasteiger partial charge in [-0.05, 0) is 38.1 Å². The second kappa shape index (κ2) is 9.33. The highest BCUT2D eigenvalue weighted by Gasteiger charge is 2.22. The smallest absolute Gasteiger partial charge is 0.155 e. The number of benzene rings is 1. The van der Waals surface area contributed by atoms with E-state index in [1.807, 2.05) is 10.9 Å². The first-order valence-corrected chi connectivity index (χ1v) is 9.67. The van der Waals surface area contributed by atoms with Gasteiger partial charge in [0.15, 0.2) is 5.82 Å². The summed E-state index contributed by atoms with van der Waals surface area (Å²) in [6.45, 7) is 8.84. The maximum Gasteiger partial charge on any atom is 0.155 e. The van der Waals surface area contributed by atoms with E-state index >= 15 is 0 Å². The monoisotopic (exact) mass is 416 g/mol. The standard InChI is InChI=1S/C21H25FN6.ClH/c1-16(2)28-15-17(13-25-28)14-26-9-11-27(12-10-26)21-20(23-7-8-24-21)18-3-5-19(22)6-4-18;/h3-8,13,15-16H,9-12,14H2,1-2H3;1H. The van der Waals surface area contributed by atoms with Gasteiger partial charge in [-0.1, -0.05) is 0 Å². The van der Waals surface area contributed by atoms with Crippen LogP contribution in [0.4, 0.5) is 10.2 Å². The number of hydrogen-bond donors (Lipinski definition) is 0. The van der Waals surface area contributed by atoms with E-state index < -0.39 is 0 Å². The number of hydrogen-bond acceptors (Lipinski definition) is 5. The minimum absolute atomic E-state index is 0. The largest absolute Gasteiger partial charge is 0.352 e. The molecular formula is C21H26ClFN6. The Balaban J connectivity index is 0.00000240. The van der Waals surface area contributed by atoms with Crippen LogP contribution >= 0.6 is 12.4 Å². The molecule has 0 amide bonds. The molecule has 1 aromatic carbocycles. The minimum Gasteiger partial charge on any atom is -0.352 e. The summed E-state index contributed by atoms with van der Waals surface area (Å²) in [6.07, 6.45) is 7.49. The quantitative estimate of drug-likeness (QED) is 0.633. The molecule has 0 atom stereocenters. The molecule has 1 saturated heterocycles. The van der Waals surface area contributed by atoms with Gasteiger partial charge < -0.3 is 4.90 Å². The van der Waals surface area contributed by atoms with Crippen LogP contribution in [0.3, 0.4) is 0 Å². The van der Waals surface area contributed by atoms with E-state index in [0.29, 0.717) is 6.04 Å². The van der Waals surface area contributed by atoms with Crippen molar-refractivity contribution < 1.29 is 4.39 Å². The molecule has 1 aliphatic heterocycles. The fourth-order valence-corrected chi connectivity index (χ4v) is 3.49. The van der Waals surface area contributed by atoms with Crippen LogP contribution in [-0.2, 0) is 6.54 Å². The van der Waals surface area contributed by atoms with Crippen LogP contribution in [-0.4, -0.2) is 50.8 Å². The molecule has 8 heteroatoms. The number of halogens is 2. The third kappa shape index (κ3) is 4.92. The second-order valence-electron chi connectivity index (χ2n) is 7.42. The van der Waals surface area contributed by atoms with E-state index in [2.05, 4.69) is 44.9 Å². The average Bonchev–Trinajstić information content (AvgIpc) is 3.18. The highest BCUT2D eigenvalue weighted by atomic mass is 35.5. The molecule has 154 valence electrons. The predicted molar refractivity (Wildman–Crippen MR) is 115 cm³/mol. The third-order valence-corrected chi connectivity index (χ3v) is 5.06. The zero-order chi connectivity index (χ0) is 19.5. The summed E-state index contributed by atoms with van der Waals surface area (Å²) in [5, 5.41) is 4.43. The van der Waals surface area contributed by atoms with E-state index in [9.17, 15) is 4.39 Å². The first-order chi connectivity index (χ1) is 13.6. The lowest BCUT2D eigenvalue weighted by Crippen LogP contribution is -2.46. The van der Waals surface area contributed by atoms with Crippen molar-refractivity contribution in [3.05, 3.63) is 60.4 Å². The van der Waals surface area contributed by atoms with Crippen LogP contribution < -0.4 is 4.90 Å². The zero-order valence-electron chi connectivity index (χ0n) is 16.7. The Hall–Kier alpha value is -2.51. The molecule has 0 saturated carbocycles. The van der Waals surface area contributed by atoms with E-state index in [0.717, 1.165) is 49.8 Å². The third-order valence-electron chi connectivity index (χ3n) is 5.06. The van der Waals surface area contributed by atoms with Crippen molar-refractivity contribution in [3.8, 4) is 11.3 Å². The lowest BCUT2D eigenvalue weighted by atomic mass is 10.1. The molecule has 0 unspecified atom stereocenters. The molecule has 1 aliphatic rings. The van der Waals surface area contributed by atoms with Gasteiger partial charge in [0.25, 0.3) is 0 Å². The molecule has 3 aromatic rings. The molecule has 29 heavy (non-hydrogen) atoms. The summed E-state index contributed by atoms with van der Waals surface area (Å²) in [7, 11) is 0. The van der Waals surface area contributed by atoms with E-state index in [1.54, 1.807) is 24.5 Å². The van der Waals surface area contributed by atoms with E-state index in [1.165, 1.54) is 17.7 Å². The predicted octanol–water partition coefficient (Wildman–Crippen LogP) is 3.80. The van der Waals surface area contributed by atoms with Crippen LogP contribution in [0.1, 0.15) is 25.5 Å². The van der Waals surface area contributed by atoms with Crippen molar-refractivity contribution in [2.75, 3.05) is 31.1 Å². The fraction of sp³-hybridized carbons (Fsp3) is 0.381. The van der Waals surface area contributed by atoms with Crippen LogP contribution in [0.15, 0.2) is 49.1 Å². The van der Waals surface area contributed by atoms with Gasteiger partial charge in [0.05, 0.1) is 6.20 Å². The Morgan fingerprint density at radius 1 is 1.00 bits per heavy atom. The topological polar surface area (TPSA) is 50.1 Å². The lowest BCUT2D eigenvalue weighted by molar-refractivity contribution is 0.249. The number of nitrogens with zero attached hydrogens (tertiary/aromatic N) is 6. The molecule has 2 aromatic heterocycles. The zero-order valence-corrected chi connectivity index (χ0v) is 17.5. The van der Waals surface area contributed by atoms with Gasteiger partial charge in [0.2, 0.25) is 0 Å². The summed E-state index contributed by atoms with van der Waals surface area (Å²) < 4.78 is 15.3. The SMILES string of the molecule is CC(C)n1cc(CN2CCN(c3nccnc3-c3ccc(F)cc3)CC2)cn1.Cl. The fourth-order valence-electron chi connectivity index (χ4n) is 3.49. The summed E-state index contributed by atoms with van der Waals surface area (Å²) in [4.78, 5) is 13.8. The summed E-state index contributed by atoms with van der Waals surface area (Å²) >= 11 is 0. The van der Waals surface area contributed by atoms with Crippen molar-refractivity contribution >= 4 is 18.2 Å². The normalized spacial score (nSPS) is 14.8. The molecule has 0 N–H and O–H groups in total. The van der Waals surface area contributed by atoms with Crippen LogP contribution in [0.5, 0.6) is 0 Å². The van der Waals surface area contributed by atoms with Gasteiger partial charge in [0.1, 0.15) is 11.5 Å². The Bertz CT molecular complexity index is 919.